The summed E-state index contributed by atoms with van der Waals surface area (Å²) >= 11 is 0. The summed E-state index contributed by atoms with van der Waals surface area (Å²) in [4.78, 5) is 26.7. The molecule has 5 nitrogen and oxygen atoms in total. The lowest BCUT2D eigenvalue weighted by Crippen LogP contribution is -2.23. The number of nitrogens with zero attached hydrogens (tertiary/aromatic N) is 1. The molecule has 0 radical (unpaired) electrons. The van der Waals surface area contributed by atoms with Crippen LogP contribution in [0.3, 0.4) is 0 Å². The first-order chi connectivity index (χ1) is 8.66. The van der Waals surface area contributed by atoms with E-state index in [1.54, 1.807) is 12.1 Å². The number of rotatable bonds is 3. The lowest BCUT2D eigenvalue weighted by molar-refractivity contribution is -0.140. The second-order valence-electron chi connectivity index (χ2n) is 4.48. The summed E-state index contributed by atoms with van der Waals surface area (Å²) < 4.78 is 5.19. The number of carbonyl (C=O) groups is 2. The van der Waals surface area contributed by atoms with Crippen molar-refractivity contribution in [1.82, 2.24) is 4.98 Å². The van der Waals surface area contributed by atoms with Gasteiger partial charge in [-0.05, 0) is 18.9 Å². The smallest absolute Gasteiger partial charge is 0.315 e. The molecule has 1 amide bonds. The molecule has 1 aliphatic carbocycles. The van der Waals surface area contributed by atoms with Gasteiger partial charge in [0.15, 0.2) is 0 Å². The molecule has 1 aromatic heterocycles. The number of hydrogen-bond acceptors (Lipinski definition) is 4. The van der Waals surface area contributed by atoms with Crippen LogP contribution in [0.2, 0.25) is 0 Å². The lowest BCUT2D eigenvalue weighted by atomic mass is 9.89. The third-order valence-corrected chi connectivity index (χ3v) is 3.12. The molecule has 1 heterocycles. The van der Waals surface area contributed by atoms with Gasteiger partial charge >= 0.3 is 5.97 Å². The highest BCUT2D eigenvalue weighted by Gasteiger charge is 2.23. The zero-order valence-electron chi connectivity index (χ0n) is 10.1. The van der Waals surface area contributed by atoms with E-state index < -0.39 is 5.91 Å². The third-order valence-electron chi connectivity index (χ3n) is 3.12. The van der Waals surface area contributed by atoms with Gasteiger partial charge in [-0.3, -0.25) is 9.59 Å². The number of hydrogen-bond donors (Lipinski definition) is 1. The van der Waals surface area contributed by atoms with Gasteiger partial charge in [-0.2, -0.15) is 0 Å². The average molecular weight is 248 g/mol. The largest absolute Gasteiger partial charge is 0.407 e. The quantitative estimate of drug-likeness (QED) is 0.825. The predicted octanol–water partition coefficient (Wildman–Crippen LogP) is 1.67. The molecule has 0 saturated heterocycles. The molecule has 1 saturated carbocycles. The Balaban J connectivity index is 2.02. The molecule has 0 aromatic carbocycles. The van der Waals surface area contributed by atoms with Gasteiger partial charge in [0.05, 0.1) is 5.92 Å². The second kappa shape index (κ2) is 5.62. The van der Waals surface area contributed by atoms with Crippen molar-refractivity contribution >= 4 is 11.9 Å². The van der Waals surface area contributed by atoms with E-state index in [1.807, 2.05) is 0 Å². The van der Waals surface area contributed by atoms with Gasteiger partial charge in [0.1, 0.15) is 5.69 Å². The van der Waals surface area contributed by atoms with Crippen molar-refractivity contribution in [3.63, 3.8) is 0 Å². The first kappa shape index (κ1) is 12.5. The number of primary amides is 1. The molecule has 0 atom stereocenters. The molecule has 96 valence electrons. The highest BCUT2D eigenvalue weighted by atomic mass is 16.5. The van der Waals surface area contributed by atoms with Crippen LogP contribution in [0.1, 0.15) is 42.6 Å². The summed E-state index contributed by atoms with van der Waals surface area (Å²) in [7, 11) is 0. The Morgan fingerprint density at radius 3 is 2.61 bits per heavy atom. The summed E-state index contributed by atoms with van der Waals surface area (Å²) in [6, 6.07) is 4.63. The van der Waals surface area contributed by atoms with Crippen LogP contribution < -0.4 is 10.5 Å². The molecule has 0 unspecified atom stereocenters. The van der Waals surface area contributed by atoms with Crippen LogP contribution >= 0.6 is 0 Å². The van der Waals surface area contributed by atoms with Crippen LogP contribution in [0, 0.1) is 5.92 Å². The van der Waals surface area contributed by atoms with Crippen LogP contribution in [0.5, 0.6) is 5.88 Å². The Bertz CT molecular complexity index is 453. The minimum Gasteiger partial charge on any atom is -0.407 e. The molecule has 2 N–H and O–H groups in total. The fourth-order valence-corrected chi connectivity index (χ4v) is 2.13. The fraction of sp³-hybridized carbons (Fsp3) is 0.462. The van der Waals surface area contributed by atoms with E-state index >= 15 is 0 Å². The summed E-state index contributed by atoms with van der Waals surface area (Å²) in [6.45, 7) is 0. The van der Waals surface area contributed by atoms with Gasteiger partial charge in [-0.25, -0.2) is 4.98 Å². The first-order valence-corrected chi connectivity index (χ1v) is 6.15. The maximum atomic E-state index is 11.9. The van der Waals surface area contributed by atoms with Crippen molar-refractivity contribution in [2.24, 2.45) is 11.7 Å². The number of ether oxygens (including phenoxy) is 1. The number of amides is 1. The normalized spacial score (nSPS) is 16.2. The van der Waals surface area contributed by atoms with Crippen molar-refractivity contribution in [3.8, 4) is 5.88 Å². The van der Waals surface area contributed by atoms with Gasteiger partial charge in [-0.15, -0.1) is 0 Å². The number of carbonyl (C=O) groups excluding carboxylic acids is 2. The van der Waals surface area contributed by atoms with Crippen LogP contribution in [-0.4, -0.2) is 16.9 Å². The van der Waals surface area contributed by atoms with Crippen molar-refractivity contribution in [1.29, 1.82) is 0 Å². The Labute approximate surface area is 105 Å². The van der Waals surface area contributed by atoms with Gasteiger partial charge in [0.25, 0.3) is 5.91 Å². The molecular weight excluding hydrogens is 232 g/mol. The summed E-state index contributed by atoms with van der Waals surface area (Å²) in [5.41, 5.74) is 5.22. The molecule has 2 rings (SSSR count). The molecule has 1 fully saturated rings. The Morgan fingerprint density at radius 2 is 1.94 bits per heavy atom. The number of esters is 1. The first-order valence-electron chi connectivity index (χ1n) is 6.15. The maximum absolute atomic E-state index is 11.9. The van der Waals surface area contributed by atoms with Crippen molar-refractivity contribution in [3.05, 3.63) is 23.9 Å². The van der Waals surface area contributed by atoms with Crippen LogP contribution in [0.25, 0.3) is 0 Å². The summed E-state index contributed by atoms with van der Waals surface area (Å²) in [6.07, 6.45) is 5.05. The van der Waals surface area contributed by atoms with Gasteiger partial charge < -0.3 is 10.5 Å². The Hall–Kier alpha value is -1.91. The predicted molar refractivity (Wildman–Crippen MR) is 65.0 cm³/mol. The average Bonchev–Trinajstić information content (AvgIpc) is 2.40. The summed E-state index contributed by atoms with van der Waals surface area (Å²) in [5.74, 6) is -0.797. The zero-order chi connectivity index (χ0) is 13.0. The molecule has 1 aliphatic rings. The van der Waals surface area contributed by atoms with E-state index in [0.717, 1.165) is 25.7 Å². The van der Waals surface area contributed by atoms with Crippen LogP contribution in [-0.2, 0) is 4.79 Å². The summed E-state index contributed by atoms with van der Waals surface area (Å²) in [5, 5.41) is 0. The third kappa shape index (κ3) is 3.06. The molecular formula is C13H16N2O3. The van der Waals surface area contributed by atoms with E-state index in [0.29, 0.717) is 0 Å². The fourth-order valence-electron chi connectivity index (χ4n) is 2.13. The lowest BCUT2D eigenvalue weighted by Gasteiger charge is -2.19. The van der Waals surface area contributed by atoms with E-state index in [-0.39, 0.29) is 23.5 Å². The van der Waals surface area contributed by atoms with E-state index in [4.69, 9.17) is 10.5 Å². The molecule has 0 bridgehead atoms. The molecule has 5 heteroatoms. The van der Waals surface area contributed by atoms with E-state index in [9.17, 15) is 9.59 Å². The van der Waals surface area contributed by atoms with Gasteiger partial charge in [-0.1, -0.05) is 25.3 Å². The number of aromatic nitrogens is 1. The van der Waals surface area contributed by atoms with Crippen LogP contribution in [0.4, 0.5) is 0 Å². The van der Waals surface area contributed by atoms with Crippen molar-refractivity contribution in [2.75, 3.05) is 0 Å². The minimum absolute atomic E-state index is 0.0437. The monoisotopic (exact) mass is 248 g/mol. The standard InChI is InChI=1S/C13H16N2O3/c14-12(16)10-7-4-8-11(15-10)18-13(17)9-5-2-1-3-6-9/h4,7-9H,1-3,5-6H2,(H2,14,16). The second-order valence-corrected chi connectivity index (χ2v) is 4.48. The number of pyridine rings is 1. The van der Waals surface area contributed by atoms with E-state index in [2.05, 4.69) is 4.98 Å². The molecule has 0 spiro atoms. The van der Waals surface area contributed by atoms with Gasteiger partial charge in [0.2, 0.25) is 5.88 Å². The molecule has 0 aliphatic heterocycles. The van der Waals surface area contributed by atoms with Gasteiger partial charge in [0, 0.05) is 6.07 Å². The van der Waals surface area contributed by atoms with Crippen LogP contribution in [0.15, 0.2) is 18.2 Å². The highest BCUT2D eigenvalue weighted by Crippen LogP contribution is 2.25. The Morgan fingerprint density at radius 1 is 1.22 bits per heavy atom. The van der Waals surface area contributed by atoms with Crippen molar-refractivity contribution < 1.29 is 14.3 Å². The van der Waals surface area contributed by atoms with Crippen molar-refractivity contribution in [2.45, 2.75) is 32.1 Å². The Kier molecular flexibility index (Phi) is 3.92. The zero-order valence-corrected chi connectivity index (χ0v) is 10.1. The topological polar surface area (TPSA) is 82.3 Å². The minimum atomic E-state index is -0.634. The molecule has 18 heavy (non-hydrogen) atoms. The van der Waals surface area contributed by atoms with E-state index in [1.165, 1.54) is 12.5 Å². The highest BCUT2D eigenvalue weighted by molar-refractivity contribution is 5.90. The molecule has 1 aromatic rings. The number of nitrogens with two attached hydrogens (primary N) is 1. The SMILES string of the molecule is NC(=O)c1cccc(OC(=O)C2CCCCC2)n1. The maximum Gasteiger partial charge on any atom is 0.315 e.